The van der Waals surface area contributed by atoms with E-state index in [1.54, 1.807) is 13.1 Å². The molecule has 4 atom stereocenters. The second kappa shape index (κ2) is 12.8. The number of urea groups is 1. The van der Waals surface area contributed by atoms with Crippen molar-refractivity contribution < 1.29 is 23.5 Å². The van der Waals surface area contributed by atoms with E-state index in [4.69, 9.17) is 21.3 Å². The smallest absolute Gasteiger partial charge is 0.338 e. The molecule has 1 N–H and O–H groups in total. The molecule has 240 valence electrons. The van der Waals surface area contributed by atoms with Gasteiger partial charge in [0, 0.05) is 79.2 Å². The number of thiazole rings is 1. The number of carbonyl (C=O) groups is 3. The zero-order chi connectivity index (χ0) is 32.0. The van der Waals surface area contributed by atoms with Gasteiger partial charge >= 0.3 is 12.0 Å². The van der Waals surface area contributed by atoms with Crippen LogP contribution < -0.4 is 5.32 Å². The number of halogens is 2. The molecule has 6 rings (SSSR count). The number of fused-ring (bicyclic) bond motifs is 1. The summed E-state index contributed by atoms with van der Waals surface area (Å²) in [4.78, 5) is 56.8. The number of ether oxygens (including phenoxy) is 1. The SMILES string of the molecule is COC(=O)C1=C(CN2CCN3C(=O)N([C@H]4C[C@H](C(C)=O)N(C(C)C)C4)C[C@@H]3C2)NC(c2nccs2)=N[C@H]1c1ccc(F)cc1Cl. The number of aromatic nitrogens is 1. The van der Waals surface area contributed by atoms with E-state index in [1.165, 1.54) is 36.6 Å². The Kier molecular flexibility index (Phi) is 8.97. The van der Waals surface area contributed by atoms with Crippen molar-refractivity contribution in [1.82, 2.24) is 29.9 Å². The van der Waals surface area contributed by atoms with Crippen molar-refractivity contribution in [2.24, 2.45) is 4.99 Å². The van der Waals surface area contributed by atoms with Crippen LogP contribution in [0.5, 0.6) is 0 Å². The van der Waals surface area contributed by atoms with Crippen LogP contribution in [-0.2, 0) is 14.3 Å². The second-order valence-electron chi connectivity index (χ2n) is 12.2. The molecule has 5 heterocycles. The van der Waals surface area contributed by atoms with Crippen molar-refractivity contribution in [1.29, 1.82) is 0 Å². The molecule has 0 aliphatic carbocycles. The number of carbonyl (C=O) groups excluding carboxylic acids is 3. The topological polar surface area (TPSA) is 111 Å². The van der Waals surface area contributed by atoms with Crippen LogP contribution in [0.2, 0.25) is 5.02 Å². The number of rotatable bonds is 8. The van der Waals surface area contributed by atoms with Gasteiger partial charge in [-0.3, -0.25) is 19.6 Å². The number of piperazine rings is 1. The molecule has 45 heavy (non-hydrogen) atoms. The Hall–Kier alpha value is -3.39. The van der Waals surface area contributed by atoms with Crippen molar-refractivity contribution >= 4 is 46.6 Å². The van der Waals surface area contributed by atoms with E-state index in [-0.39, 0.29) is 46.6 Å². The maximum Gasteiger partial charge on any atom is 0.338 e. The standard InChI is InChI=1S/C31H37ClFN7O4S/c1-17(2)39-14-20(12-25(39)18(3)41)40-15-21-13-37(8-9-38(21)31(40)43)16-24-26(30(42)44-4)27(22-6-5-19(33)11-23(22)32)36-28(35-24)29-34-7-10-45-29/h5-7,10-11,17,20-21,25,27H,8-9,12-16H2,1-4H3,(H,35,36)/t20-,21-,25+,27-/m0/s1. The van der Waals surface area contributed by atoms with Gasteiger partial charge in [-0.05, 0) is 39.3 Å². The number of amides is 2. The molecule has 14 heteroatoms. The number of likely N-dealkylation sites (tertiary alicyclic amines) is 1. The highest BCUT2D eigenvalue weighted by Gasteiger charge is 2.48. The minimum atomic E-state index is -0.842. The Morgan fingerprint density at radius 1 is 1.18 bits per heavy atom. The number of nitrogens with zero attached hydrogens (tertiary/aromatic N) is 6. The summed E-state index contributed by atoms with van der Waals surface area (Å²) in [6, 6.07) is 3.21. The van der Waals surface area contributed by atoms with Gasteiger partial charge in [0.05, 0.1) is 24.8 Å². The van der Waals surface area contributed by atoms with Crippen LogP contribution in [0.3, 0.4) is 0 Å². The third-order valence-electron chi connectivity index (χ3n) is 9.16. The number of esters is 1. The quantitative estimate of drug-likeness (QED) is 0.431. The fourth-order valence-electron chi connectivity index (χ4n) is 6.97. The molecule has 3 fully saturated rings. The van der Waals surface area contributed by atoms with Crippen LogP contribution in [0.25, 0.3) is 0 Å². The zero-order valence-electron chi connectivity index (χ0n) is 25.7. The molecule has 2 aromatic rings. The average Bonchev–Trinajstić information content (AvgIpc) is 3.76. The third-order valence-corrected chi connectivity index (χ3v) is 10.3. The van der Waals surface area contributed by atoms with Crippen molar-refractivity contribution in [3.05, 3.63) is 62.5 Å². The molecule has 0 radical (unpaired) electrons. The average molecular weight is 658 g/mol. The fourth-order valence-corrected chi connectivity index (χ4v) is 7.83. The lowest BCUT2D eigenvalue weighted by molar-refractivity contribution is -0.136. The molecule has 3 saturated heterocycles. The first-order chi connectivity index (χ1) is 21.5. The number of hydrogen-bond acceptors (Lipinski definition) is 10. The molecular weight excluding hydrogens is 621 g/mol. The molecule has 0 saturated carbocycles. The summed E-state index contributed by atoms with van der Waals surface area (Å²) in [6.07, 6.45) is 2.32. The number of methoxy groups -OCH3 is 1. The molecule has 0 bridgehead atoms. The minimum Gasteiger partial charge on any atom is -0.466 e. The normalized spacial score (nSPS) is 25.9. The van der Waals surface area contributed by atoms with Crippen molar-refractivity contribution in [3.63, 3.8) is 0 Å². The summed E-state index contributed by atoms with van der Waals surface area (Å²) < 4.78 is 19.2. The summed E-state index contributed by atoms with van der Waals surface area (Å²) >= 11 is 7.89. The van der Waals surface area contributed by atoms with Gasteiger partial charge in [0.25, 0.3) is 0 Å². The molecule has 11 nitrogen and oxygen atoms in total. The van der Waals surface area contributed by atoms with Gasteiger partial charge in [0.2, 0.25) is 0 Å². The van der Waals surface area contributed by atoms with Gasteiger partial charge in [-0.2, -0.15) is 0 Å². The highest BCUT2D eigenvalue weighted by atomic mass is 35.5. The predicted molar refractivity (Wildman–Crippen MR) is 169 cm³/mol. The highest BCUT2D eigenvalue weighted by molar-refractivity contribution is 7.11. The van der Waals surface area contributed by atoms with E-state index < -0.39 is 17.8 Å². The van der Waals surface area contributed by atoms with Crippen molar-refractivity contribution in [2.75, 3.05) is 46.4 Å². The van der Waals surface area contributed by atoms with Gasteiger partial charge in [-0.15, -0.1) is 11.3 Å². The number of benzene rings is 1. The van der Waals surface area contributed by atoms with Crippen LogP contribution in [0.15, 0.2) is 46.0 Å². The lowest BCUT2D eigenvalue weighted by Gasteiger charge is -2.38. The van der Waals surface area contributed by atoms with Gasteiger partial charge in [0.1, 0.15) is 17.6 Å². The Morgan fingerprint density at radius 3 is 2.62 bits per heavy atom. The summed E-state index contributed by atoms with van der Waals surface area (Å²) in [5.41, 5.74) is 1.35. The number of aliphatic imine (C=N–C) groups is 1. The summed E-state index contributed by atoms with van der Waals surface area (Å²) in [5.74, 6) is -0.441. The molecule has 2 amide bonds. The second-order valence-corrected chi connectivity index (χ2v) is 13.5. The Bertz CT molecular complexity index is 1550. The van der Waals surface area contributed by atoms with Crippen LogP contribution in [0.4, 0.5) is 9.18 Å². The molecule has 0 unspecified atom stereocenters. The number of hydrogen-bond donors (Lipinski definition) is 1. The largest absolute Gasteiger partial charge is 0.466 e. The molecule has 0 spiro atoms. The zero-order valence-corrected chi connectivity index (χ0v) is 27.3. The third kappa shape index (κ3) is 6.10. The summed E-state index contributed by atoms with van der Waals surface area (Å²) in [6.45, 7) is 9.16. The van der Waals surface area contributed by atoms with E-state index in [9.17, 15) is 18.8 Å². The van der Waals surface area contributed by atoms with Gasteiger partial charge < -0.3 is 19.9 Å². The Labute approximate surface area is 270 Å². The first kappa shape index (κ1) is 31.6. The van der Waals surface area contributed by atoms with Crippen LogP contribution in [0.1, 0.15) is 43.8 Å². The number of amidine groups is 1. The monoisotopic (exact) mass is 657 g/mol. The van der Waals surface area contributed by atoms with E-state index in [2.05, 4.69) is 33.9 Å². The molecular formula is C31H37ClFN7O4S. The maximum absolute atomic E-state index is 14.0. The number of nitrogens with one attached hydrogen (secondary N) is 1. The number of Topliss-reactive ketones (excluding diaryl/α,β-unsaturated/α-hetero) is 1. The predicted octanol–water partition coefficient (Wildman–Crippen LogP) is 3.32. The fraction of sp³-hybridized carbons (Fsp3) is 0.516. The Balaban J connectivity index is 1.25. The maximum atomic E-state index is 14.0. The van der Waals surface area contributed by atoms with Crippen LogP contribution >= 0.6 is 22.9 Å². The van der Waals surface area contributed by atoms with Gasteiger partial charge in [-0.25, -0.2) is 19.0 Å². The molecule has 1 aromatic heterocycles. The first-order valence-electron chi connectivity index (χ1n) is 15.1. The highest BCUT2D eigenvalue weighted by Crippen LogP contribution is 2.37. The minimum absolute atomic E-state index is 0.0141. The van der Waals surface area contributed by atoms with E-state index >= 15 is 0 Å². The van der Waals surface area contributed by atoms with E-state index in [0.29, 0.717) is 67.8 Å². The lowest BCUT2D eigenvalue weighted by Crippen LogP contribution is -2.53. The first-order valence-corrected chi connectivity index (χ1v) is 16.4. The molecule has 4 aliphatic heterocycles. The number of ketones is 1. The van der Waals surface area contributed by atoms with Gasteiger partial charge in [0.15, 0.2) is 10.8 Å². The molecule has 4 aliphatic rings. The van der Waals surface area contributed by atoms with Crippen molar-refractivity contribution in [2.45, 2.75) is 57.4 Å². The molecule has 1 aromatic carbocycles. The Morgan fingerprint density at radius 2 is 1.98 bits per heavy atom. The summed E-state index contributed by atoms with van der Waals surface area (Å²) in [7, 11) is 1.31. The van der Waals surface area contributed by atoms with Crippen LogP contribution in [0, 0.1) is 5.82 Å². The van der Waals surface area contributed by atoms with E-state index in [0.717, 1.165) is 0 Å². The summed E-state index contributed by atoms with van der Waals surface area (Å²) in [5, 5.41) is 5.97. The lowest BCUT2D eigenvalue weighted by atomic mass is 9.95. The van der Waals surface area contributed by atoms with Crippen LogP contribution in [-0.4, -0.2) is 119 Å². The van der Waals surface area contributed by atoms with Crippen molar-refractivity contribution in [3.8, 4) is 0 Å². The van der Waals surface area contributed by atoms with E-state index in [1.807, 2.05) is 15.2 Å². The van der Waals surface area contributed by atoms with Gasteiger partial charge in [-0.1, -0.05) is 17.7 Å².